The van der Waals surface area contributed by atoms with Crippen molar-refractivity contribution < 1.29 is 4.79 Å². The molecule has 2 aromatic rings. The Bertz CT molecular complexity index is 670. The second kappa shape index (κ2) is 5.85. The van der Waals surface area contributed by atoms with Crippen LogP contribution in [0.25, 0.3) is 0 Å². The lowest BCUT2D eigenvalue weighted by Crippen LogP contribution is -2.13. The maximum absolute atomic E-state index is 12.5. The molecule has 0 aliphatic rings. The average molecular weight is 285 g/mol. The molecule has 0 amide bonds. The first-order valence-electron chi connectivity index (χ1n) is 6.16. The number of rotatable bonds is 4. The SMILES string of the molecule is Cc1csc([C@@H](C#N)C(=O)c2cccc(N(C)C)c2)n1. The molecule has 0 aliphatic heterocycles. The fourth-order valence-corrected chi connectivity index (χ4v) is 2.67. The van der Waals surface area contributed by atoms with Gasteiger partial charge in [0.25, 0.3) is 0 Å². The van der Waals surface area contributed by atoms with E-state index in [2.05, 4.69) is 11.1 Å². The summed E-state index contributed by atoms with van der Waals surface area (Å²) in [5.41, 5.74) is 2.30. The van der Waals surface area contributed by atoms with Gasteiger partial charge in [0.2, 0.25) is 0 Å². The van der Waals surface area contributed by atoms with Crippen molar-refractivity contribution in [2.75, 3.05) is 19.0 Å². The standard InChI is InChI=1S/C15H15N3OS/c1-10-9-20-15(17-10)13(8-16)14(19)11-5-4-6-12(7-11)18(2)3/h4-7,9,13H,1-3H3/t13-/m0/s1. The number of carbonyl (C=O) groups is 1. The van der Waals surface area contributed by atoms with Crippen LogP contribution in [0.15, 0.2) is 29.6 Å². The molecule has 1 aromatic carbocycles. The van der Waals surface area contributed by atoms with Crippen molar-refractivity contribution in [2.45, 2.75) is 12.8 Å². The summed E-state index contributed by atoms with van der Waals surface area (Å²) in [5, 5.41) is 11.7. The quantitative estimate of drug-likeness (QED) is 0.810. The summed E-state index contributed by atoms with van der Waals surface area (Å²) in [4.78, 5) is 18.7. The van der Waals surface area contributed by atoms with Gasteiger partial charge in [-0.3, -0.25) is 4.79 Å². The zero-order valence-electron chi connectivity index (χ0n) is 11.6. The number of aryl methyl sites for hydroxylation is 1. The smallest absolute Gasteiger partial charge is 0.187 e. The third-order valence-corrected chi connectivity index (χ3v) is 3.95. The Kier molecular flexibility index (Phi) is 4.16. The van der Waals surface area contributed by atoms with Crippen LogP contribution < -0.4 is 4.90 Å². The number of thiazole rings is 1. The number of anilines is 1. The van der Waals surface area contributed by atoms with E-state index < -0.39 is 5.92 Å². The second-order valence-electron chi connectivity index (χ2n) is 4.70. The Morgan fingerprint density at radius 3 is 2.75 bits per heavy atom. The van der Waals surface area contributed by atoms with Gasteiger partial charge in [-0.05, 0) is 19.1 Å². The van der Waals surface area contributed by atoms with Crippen LogP contribution in [-0.2, 0) is 0 Å². The maximum atomic E-state index is 12.5. The highest BCUT2D eigenvalue weighted by Crippen LogP contribution is 2.25. The highest BCUT2D eigenvalue weighted by atomic mass is 32.1. The second-order valence-corrected chi connectivity index (χ2v) is 5.59. The summed E-state index contributed by atoms with van der Waals surface area (Å²) in [6, 6.07) is 9.34. The molecule has 0 fully saturated rings. The molecule has 0 aliphatic carbocycles. The molecule has 20 heavy (non-hydrogen) atoms. The molecular weight excluding hydrogens is 270 g/mol. The molecule has 5 heteroatoms. The van der Waals surface area contributed by atoms with Gasteiger partial charge in [0, 0.05) is 36.4 Å². The van der Waals surface area contributed by atoms with Crippen LogP contribution in [0.4, 0.5) is 5.69 Å². The first-order chi connectivity index (χ1) is 9.52. The van der Waals surface area contributed by atoms with Crippen molar-refractivity contribution in [2.24, 2.45) is 0 Å². The lowest BCUT2D eigenvalue weighted by molar-refractivity contribution is 0.0979. The Morgan fingerprint density at radius 1 is 1.45 bits per heavy atom. The number of benzene rings is 1. The fraction of sp³-hybridized carbons (Fsp3) is 0.267. The summed E-state index contributed by atoms with van der Waals surface area (Å²) in [5.74, 6) is -1.03. The summed E-state index contributed by atoms with van der Waals surface area (Å²) in [6.45, 7) is 1.85. The van der Waals surface area contributed by atoms with E-state index in [1.165, 1.54) is 11.3 Å². The molecule has 1 aromatic heterocycles. The molecule has 2 rings (SSSR count). The topological polar surface area (TPSA) is 57.0 Å². The van der Waals surface area contributed by atoms with Gasteiger partial charge < -0.3 is 4.90 Å². The van der Waals surface area contributed by atoms with Gasteiger partial charge in [-0.1, -0.05) is 12.1 Å². The first kappa shape index (κ1) is 14.2. The number of Topliss-reactive ketones (excluding diaryl/α,β-unsaturated/α-hetero) is 1. The maximum Gasteiger partial charge on any atom is 0.187 e. The Balaban J connectivity index is 2.34. The van der Waals surface area contributed by atoms with Crippen molar-refractivity contribution in [3.05, 3.63) is 45.9 Å². The van der Waals surface area contributed by atoms with Crippen LogP contribution in [0.5, 0.6) is 0 Å². The number of nitriles is 1. The third kappa shape index (κ3) is 2.86. The van der Waals surface area contributed by atoms with Crippen LogP contribution in [0.2, 0.25) is 0 Å². The zero-order chi connectivity index (χ0) is 14.7. The van der Waals surface area contributed by atoms with Crippen molar-refractivity contribution in [1.82, 2.24) is 4.98 Å². The van der Waals surface area contributed by atoms with Gasteiger partial charge in [0.15, 0.2) is 11.7 Å². The summed E-state index contributed by atoms with van der Waals surface area (Å²) in [7, 11) is 3.82. The van der Waals surface area contributed by atoms with Crippen LogP contribution in [0.3, 0.4) is 0 Å². The predicted molar refractivity (Wildman–Crippen MR) is 80.3 cm³/mol. The van der Waals surface area contributed by atoms with E-state index in [0.29, 0.717) is 10.6 Å². The molecule has 4 nitrogen and oxygen atoms in total. The van der Waals surface area contributed by atoms with Crippen LogP contribution in [0, 0.1) is 18.3 Å². The Hall–Kier alpha value is -2.19. The van der Waals surface area contributed by atoms with Crippen molar-refractivity contribution >= 4 is 22.8 Å². The van der Waals surface area contributed by atoms with Crippen LogP contribution >= 0.6 is 11.3 Å². The van der Waals surface area contributed by atoms with E-state index in [4.69, 9.17) is 0 Å². The minimum absolute atomic E-state index is 0.203. The highest BCUT2D eigenvalue weighted by molar-refractivity contribution is 7.10. The number of nitrogens with zero attached hydrogens (tertiary/aromatic N) is 3. The first-order valence-corrected chi connectivity index (χ1v) is 7.04. The van der Waals surface area contributed by atoms with Crippen LogP contribution in [0.1, 0.15) is 27.0 Å². The number of carbonyl (C=O) groups excluding carboxylic acids is 1. The third-order valence-electron chi connectivity index (χ3n) is 2.92. The van der Waals surface area contributed by atoms with E-state index in [-0.39, 0.29) is 5.78 Å². The average Bonchev–Trinajstić information content (AvgIpc) is 2.86. The molecule has 0 saturated carbocycles. The molecule has 1 atom stereocenters. The molecule has 0 unspecified atom stereocenters. The molecule has 0 saturated heterocycles. The van der Waals surface area contributed by atoms with E-state index in [1.807, 2.05) is 43.4 Å². The van der Waals surface area contributed by atoms with Crippen molar-refractivity contribution in [3.8, 4) is 6.07 Å². The van der Waals surface area contributed by atoms with Gasteiger partial charge in [-0.15, -0.1) is 11.3 Å². The van der Waals surface area contributed by atoms with Crippen molar-refractivity contribution in [3.63, 3.8) is 0 Å². The zero-order valence-corrected chi connectivity index (χ0v) is 12.4. The molecular formula is C15H15N3OS. The summed E-state index contributed by atoms with van der Waals surface area (Å²) in [6.07, 6.45) is 0. The van der Waals surface area contributed by atoms with Gasteiger partial charge >= 0.3 is 0 Å². The predicted octanol–water partition coefficient (Wildman–Crippen LogP) is 3.01. The minimum atomic E-state index is -0.828. The molecule has 0 radical (unpaired) electrons. The summed E-state index contributed by atoms with van der Waals surface area (Å²) >= 11 is 1.35. The lowest BCUT2D eigenvalue weighted by Gasteiger charge is -2.13. The molecule has 1 heterocycles. The van der Waals surface area contributed by atoms with E-state index in [0.717, 1.165) is 11.4 Å². The van der Waals surface area contributed by atoms with E-state index in [1.54, 1.807) is 12.1 Å². The van der Waals surface area contributed by atoms with Gasteiger partial charge in [-0.25, -0.2) is 4.98 Å². The molecule has 102 valence electrons. The largest absolute Gasteiger partial charge is 0.378 e. The van der Waals surface area contributed by atoms with Gasteiger partial charge in [0.1, 0.15) is 5.01 Å². The van der Waals surface area contributed by atoms with Crippen molar-refractivity contribution in [1.29, 1.82) is 5.26 Å². The number of hydrogen-bond donors (Lipinski definition) is 0. The summed E-state index contributed by atoms with van der Waals surface area (Å²) < 4.78 is 0. The molecule has 0 N–H and O–H groups in total. The Morgan fingerprint density at radius 2 is 2.20 bits per heavy atom. The van der Waals surface area contributed by atoms with Gasteiger partial charge in [0.05, 0.1) is 6.07 Å². The molecule has 0 spiro atoms. The number of ketones is 1. The number of aromatic nitrogens is 1. The highest BCUT2D eigenvalue weighted by Gasteiger charge is 2.24. The molecule has 0 bridgehead atoms. The Labute approximate surface area is 122 Å². The van der Waals surface area contributed by atoms with Gasteiger partial charge in [-0.2, -0.15) is 5.26 Å². The van der Waals surface area contributed by atoms with E-state index in [9.17, 15) is 10.1 Å². The number of hydrogen-bond acceptors (Lipinski definition) is 5. The lowest BCUT2D eigenvalue weighted by atomic mass is 9.99. The van der Waals surface area contributed by atoms with Crippen LogP contribution in [-0.4, -0.2) is 24.9 Å². The van der Waals surface area contributed by atoms with E-state index >= 15 is 0 Å². The normalized spacial score (nSPS) is 11.7. The minimum Gasteiger partial charge on any atom is -0.378 e. The fourth-order valence-electron chi connectivity index (χ4n) is 1.83. The monoisotopic (exact) mass is 285 g/mol.